The predicted molar refractivity (Wildman–Crippen MR) is 65.8 cm³/mol. The number of thioether (sulfide) groups is 1. The van der Waals surface area contributed by atoms with Crippen LogP contribution in [0.5, 0.6) is 0 Å². The van der Waals surface area contributed by atoms with Crippen LogP contribution in [0.25, 0.3) is 0 Å². The summed E-state index contributed by atoms with van der Waals surface area (Å²) in [5.74, 6) is 2.01. The molecule has 1 aliphatic carbocycles. The lowest BCUT2D eigenvalue weighted by Gasteiger charge is -2.31. The number of hydrogen-bond acceptors (Lipinski definition) is 3. The lowest BCUT2D eigenvalue weighted by Crippen LogP contribution is -2.41. The molecule has 1 rings (SSSR count). The van der Waals surface area contributed by atoms with Crippen LogP contribution in [0.2, 0.25) is 0 Å². The Morgan fingerprint density at radius 1 is 1.43 bits per heavy atom. The minimum Gasteiger partial charge on any atom is -0.330 e. The first-order valence-corrected chi connectivity index (χ1v) is 7.15. The Labute approximate surface area is 92.6 Å². The summed E-state index contributed by atoms with van der Waals surface area (Å²) in [6, 6.07) is 0.775. The van der Waals surface area contributed by atoms with Crippen LogP contribution in [0.1, 0.15) is 26.2 Å². The molecule has 1 fully saturated rings. The molecule has 0 spiro atoms. The van der Waals surface area contributed by atoms with Crippen molar-refractivity contribution < 1.29 is 0 Å². The van der Waals surface area contributed by atoms with Gasteiger partial charge < -0.3 is 5.73 Å². The first-order valence-electron chi connectivity index (χ1n) is 5.76. The van der Waals surface area contributed by atoms with Gasteiger partial charge in [-0.05, 0) is 38.1 Å². The molecule has 1 aliphatic rings. The van der Waals surface area contributed by atoms with Gasteiger partial charge in [0.2, 0.25) is 0 Å². The summed E-state index contributed by atoms with van der Waals surface area (Å²) >= 11 is 1.94. The van der Waals surface area contributed by atoms with E-state index in [9.17, 15) is 0 Å². The zero-order valence-corrected chi connectivity index (χ0v) is 10.4. The third-order valence-electron chi connectivity index (χ3n) is 3.38. The van der Waals surface area contributed by atoms with E-state index in [1.54, 1.807) is 0 Å². The van der Waals surface area contributed by atoms with Crippen molar-refractivity contribution in [3.05, 3.63) is 0 Å². The van der Waals surface area contributed by atoms with Gasteiger partial charge in [-0.15, -0.1) is 0 Å². The van der Waals surface area contributed by atoms with Crippen LogP contribution < -0.4 is 5.73 Å². The summed E-state index contributed by atoms with van der Waals surface area (Å²) in [7, 11) is 0. The molecular formula is C11H24N2S. The molecule has 2 N–H and O–H groups in total. The Kier molecular flexibility index (Phi) is 5.90. The third kappa shape index (κ3) is 3.14. The first kappa shape index (κ1) is 12.3. The molecular weight excluding hydrogens is 192 g/mol. The van der Waals surface area contributed by atoms with Crippen molar-refractivity contribution in [3.8, 4) is 0 Å². The quantitative estimate of drug-likeness (QED) is 0.734. The molecule has 2 nitrogen and oxygen atoms in total. The van der Waals surface area contributed by atoms with Crippen molar-refractivity contribution in [1.29, 1.82) is 0 Å². The molecule has 2 unspecified atom stereocenters. The highest BCUT2D eigenvalue weighted by Crippen LogP contribution is 2.29. The molecule has 0 bridgehead atoms. The summed E-state index contributed by atoms with van der Waals surface area (Å²) in [4.78, 5) is 2.63. The molecule has 0 aliphatic heterocycles. The molecule has 0 aromatic rings. The molecule has 3 heteroatoms. The van der Waals surface area contributed by atoms with Crippen molar-refractivity contribution in [3.63, 3.8) is 0 Å². The lowest BCUT2D eigenvalue weighted by atomic mass is 10.0. The molecule has 0 radical (unpaired) electrons. The molecule has 84 valence electrons. The van der Waals surface area contributed by atoms with Crippen molar-refractivity contribution >= 4 is 11.8 Å². The Balaban J connectivity index is 2.41. The van der Waals surface area contributed by atoms with Crippen LogP contribution in [0.15, 0.2) is 0 Å². The second-order valence-electron chi connectivity index (χ2n) is 4.12. The average Bonchev–Trinajstić information content (AvgIpc) is 2.67. The van der Waals surface area contributed by atoms with E-state index in [0.29, 0.717) is 0 Å². The topological polar surface area (TPSA) is 29.3 Å². The summed E-state index contributed by atoms with van der Waals surface area (Å²) in [6.07, 6.45) is 6.27. The van der Waals surface area contributed by atoms with Crippen molar-refractivity contribution in [1.82, 2.24) is 4.90 Å². The fraction of sp³-hybridized carbons (Fsp3) is 1.00. The molecule has 1 saturated carbocycles. The van der Waals surface area contributed by atoms with Crippen LogP contribution in [0.4, 0.5) is 0 Å². The van der Waals surface area contributed by atoms with E-state index in [0.717, 1.165) is 18.5 Å². The van der Waals surface area contributed by atoms with E-state index in [2.05, 4.69) is 18.1 Å². The Morgan fingerprint density at radius 3 is 2.79 bits per heavy atom. The molecule has 0 heterocycles. The second-order valence-corrected chi connectivity index (χ2v) is 5.10. The van der Waals surface area contributed by atoms with E-state index < -0.39 is 0 Å². The standard InChI is InChI=1S/C11H24N2S/c1-3-13(7-8-14-2)11-6-4-5-10(11)9-12/h10-11H,3-9,12H2,1-2H3. The summed E-state index contributed by atoms with van der Waals surface area (Å²) in [5.41, 5.74) is 5.81. The molecule has 0 saturated heterocycles. The van der Waals surface area contributed by atoms with Crippen LogP contribution in [-0.4, -0.2) is 42.6 Å². The minimum absolute atomic E-state index is 0.761. The van der Waals surface area contributed by atoms with Gasteiger partial charge in [0.1, 0.15) is 0 Å². The Bertz CT molecular complexity index is 152. The highest BCUT2D eigenvalue weighted by molar-refractivity contribution is 7.98. The van der Waals surface area contributed by atoms with E-state index in [-0.39, 0.29) is 0 Å². The predicted octanol–water partition coefficient (Wildman–Crippen LogP) is 1.80. The number of rotatable bonds is 6. The smallest absolute Gasteiger partial charge is 0.0136 e. The van der Waals surface area contributed by atoms with Gasteiger partial charge in [0.05, 0.1) is 0 Å². The summed E-state index contributed by atoms with van der Waals surface area (Å²) in [6.45, 7) is 5.56. The highest BCUT2D eigenvalue weighted by atomic mass is 32.2. The van der Waals surface area contributed by atoms with Gasteiger partial charge in [-0.3, -0.25) is 4.90 Å². The maximum absolute atomic E-state index is 5.81. The molecule has 2 atom stereocenters. The average molecular weight is 216 g/mol. The van der Waals surface area contributed by atoms with Crippen molar-refractivity contribution in [2.75, 3.05) is 31.6 Å². The van der Waals surface area contributed by atoms with E-state index >= 15 is 0 Å². The van der Waals surface area contributed by atoms with Crippen LogP contribution >= 0.6 is 11.8 Å². The zero-order valence-electron chi connectivity index (χ0n) is 9.54. The number of nitrogens with zero attached hydrogens (tertiary/aromatic N) is 1. The first-order chi connectivity index (χ1) is 6.83. The van der Waals surface area contributed by atoms with Crippen molar-refractivity contribution in [2.45, 2.75) is 32.2 Å². The van der Waals surface area contributed by atoms with Crippen LogP contribution in [0.3, 0.4) is 0 Å². The monoisotopic (exact) mass is 216 g/mol. The normalized spacial score (nSPS) is 27.4. The van der Waals surface area contributed by atoms with E-state index in [4.69, 9.17) is 5.73 Å². The van der Waals surface area contributed by atoms with Gasteiger partial charge in [-0.1, -0.05) is 13.3 Å². The molecule has 0 amide bonds. The fourth-order valence-corrected chi connectivity index (χ4v) is 2.96. The van der Waals surface area contributed by atoms with E-state index in [1.165, 1.54) is 38.1 Å². The minimum atomic E-state index is 0.761. The Morgan fingerprint density at radius 2 is 2.21 bits per heavy atom. The van der Waals surface area contributed by atoms with Gasteiger partial charge in [-0.25, -0.2) is 0 Å². The van der Waals surface area contributed by atoms with Gasteiger partial charge in [0.15, 0.2) is 0 Å². The van der Waals surface area contributed by atoms with Gasteiger partial charge in [-0.2, -0.15) is 11.8 Å². The second kappa shape index (κ2) is 6.70. The van der Waals surface area contributed by atoms with Crippen LogP contribution in [0, 0.1) is 5.92 Å². The maximum Gasteiger partial charge on any atom is 0.0136 e. The van der Waals surface area contributed by atoms with Crippen LogP contribution in [-0.2, 0) is 0 Å². The van der Waals surface area contributed by atoms with Gasteiger partial charge in [0.25, 0.3) is 0 Å². The SMILES string of the molecule is CCN(CCSC)C1CCCC1CN. The van der Waals surface area contributed by atoms with E-state index in [1.807, 2.05) is 11.8 Å². The van der Waals surface area contributed by atoms with Crippen molar-refractivity contribution in [2.24, 2.45) is 11.7 Å². The molecule has 0 aromatic carbocycles. The fourth-order valence-electron chi connectivity index (χ4n) is 2.54. The Hall–Kier alpha value is 0.270. The van der Waals surface area contributed by atoms with Gasteiger partial charge >= 0.3 is 0 Å². The third-order valence-corrected chi connectivity index (χ3v) is 3.97. The lowest BCUT2D eigenvalue weighted by molar-refractivity contribution is 0.181. The molecule has 0 aromatic heterocycles. The number of hydrogen-bond donors (Lipinski definition) is 1. The molecule has 14 heavy (non-hydrogen) atoms. The largest absolute Gasteiger partial charge is 0.330 e. The van der Waals surface area contributed by atoms with Gasteiger partial charge in [0, 0.05) is 18.3 Å². The zero-order chi connectivity index (χ0) is 10.4. The summed E-state index contributed by atoms with van der Waals surface area (Å²) < 4.78 is 0. The maximum atomic E-state index is 5.81. The number of nitrogens with two attached hydrogens (primary N) is 1. The highest BCUT2D eigenvalue weighted by Gasteiger charge is 2.29. The summed E-state index contributed by atoms with van der Waals surface area (Å²) in [5, 5.41) is 0.